The second-order valence-corrected chi connectivity index (χ2v) is 3.20. The molecule has 0 unspecified atom stereocenters. The van der Waals surface area contributed by atoms with Gasteiger partial charge in [0.25, 0.3) is 0 Å². The molecular weight excluding hydrogens is 248 g/mol. The van der Waals surface area contributed by atoms with Crippen LogP contribution in [0.5, 0.6) is 0 Å². The Labute approximate surface area is 71.7 Å². The number of allylic oxidation sites excluding steroid dienone is 1. The van der Waals surface area contributed by atoms with Crippen LogP contribution < -0.4 is 0 Å². The molecule has 0 aliphatic carbocycles. The first kappa shape index (κ1) is 9.40. The van der Waals surface area contributed by atoms with Gasteiger partial charge >= 0.3 is 0 Å². The van der Waals surface area contributed by atoms with Crippen LogP contribution in [0.4, 0.5) is 0 Å². The van der Waals surface area contributed by atoms with Gasteiger partial charge in [0, 0.05) is 6.42 Å². The summed E-state index contributed by atoms with van der Waals surface area (Å²) in [7, 11) is 0. The standard InChI is InChI=1S/C6H8Br2O/c1-5(8)2-6(3-7)4-9/h3,9H,1-2,4H2/b6-3-. The molecule has 0 aromatic rings. The van der Waals surface area contributed by atoms with Crippen LogP contribution in [-0.4, -0.2) is 11.7 Å². The van der Waals surface area contributed by atoms with Gasteiger partial charge in [-0.3, -0.25) is 0 Å². The van der Waals surface area contributed by atoms with Crippen molar-refractivity contribution in [2.75, 3.05) is 6.61 Å². The molecule has 0 saturated carbocycles. The van der Waals surface area contributed by atoms with Crippen LogP contribution in [0.1, 0.15) is 6.42 Å². The molecule has 0 saturated heterocycles. The molecule has 0 aromatic carbocycles. The lowest BCUT2D eigenvalue weighted by atomic mass is 10.2. The number of hydrogen-bond acceptors (Lipinski definition) is 1. The Hall–Kier alpha value is 0.400. The van der Waals surface area contributed by atoms with Crippen LogP contribution in [0.25, 0.3) is 0 Å². The predicted molar refractivity (Wildman–Crippen MR) is 46.8 cm³/mol. The maximum atomic E-state index is 8.61. The van der Waals surface area contributed by atoms with E-state index in [2.05, 4.69) is 38.4 Å². The number of hydrogen-bond donors (Lipinski definition) is 1. The average molecular weight is 256 g/mol. The molecule has 1 nitrogen and oxygen atoms in total. The molecule has 0 amide bonds. The van der Waals surface area contributed by atoms with E-state index in [9.17, 15) is 0 Å². The van der Waals surface area contributed by atoms with Gasteiger partial charge in [-0.25, -0.2) is 0 Å². The van der Waals surface area contributed by atoms with Crippen molar-refractivity contribution in [3.63, 3.8) is 0 Å². The summed E-state index contributed by atoms with van der Waals surface area (Å²) < 4.78 is 0.877. The van der Waals surface area contributed by atoms with Crippen molar-refractivity contribution in [3.05, 3.63) is 21.6 Å². The van der Waals surface area contributed by atoms with Gasteiger partial charge in [0.2, 0.25) is 0 Å². The first-order valence-electron chi connectivity index (χ1n) is 2.43. The van der Waals surface area contributed by atoms with Crippen LogP contribution in [0.2, 0.25) is 0 Å². The average Bonchev–Trinajstić information content (AvgIpc) is 1.82. The lowest BCUT2D eigenvalue weighted by Gasteiger charge is -1.97. The minimum atomic E-state index is 0.0792. The van der Waals surface area contributed by atoms with E-state index in [0.29, 0.717) is 6.42 Å². The highest BCUT2D eigenvalue weighted by Gasteiger charge is 1.93. The van der Waals surface area contributed by atoms with Gasteiger partial charge in [0.05, 0.1) is 6.61 Å². The van der Waals surface area contributed by atoms with E-state index < -0.39 is 0 Å². The van der Waals surface area contributed by atoms with Gasteiger partial charge in [-0.15, -0.1) is 0 Å². The Morgan fingerprint density at radius 1 is 1.67 bits per heavy atom. The van der Waals surface area contributed by atoms with Gasteiger partial charge in [0.1, 0.15) is 0 Å². The number of aliphatic hydroxyl groups is 1. The highest BCUT2D eigenvalue weighted by Crippen LogP contribution is 2.14. The maximum absolute atomic E-state index is 8.61. The molecule has 0 fully saturated rings. The largest absolute Gasteiger partial charge is 0.392 e. The highest BCUT2D eigenvalue weighted by atomic mass is 79.9. The Morgan fingerprint density at radius 3 is 2.33 bits per heavy atom. The van der Waals surface area contributed by atoms with Crippen molar-refractivity contribution in [3.8, 4) is 0 Å². The van der Waals surface area contributed by atoms with Crippen molar-refractivity contribution in [2.45, 2.75) is 6.42 Å². The second kappa shape index (κ2) is 5.21. The molecule has 52 valence electrons. The first-order valence-corrected chi connectivity index (χ1v) is 4.13. The van der Waals surface area contributed by atoms with Crippen molar-refractivity contribution in [1.29, 1.82) is 0 Å². The van der Waals surface area contributed by atoms with Crippen molar-refractivity contribution >= 4 is 31.9 Å². The Kier molecular flexibility index (Phi) is 5.44. The summed E-state index contributed by atoms with van der Waals surface area (Å²) in [6, 6.07) is 0. The van der Waals surface area contributed by atoms with Crippen LogP contribution >= 0.6 is 31.9 Å². The summed E-state index contributed by atoms with van der Waals surface area (Å²) in [6.07, 6.45) is 0.696. The van der Waals surface area contributed by atoms with Gasteiger partial charge in [-0.05, 0) is 15.0 Å². The van der Waals surface area contributed by atoms with Gasteiger partial charge in [0.15, 0.2) is 0 Å². The topological polar surface area (TPSA) is 20.2 Å². The SMILES string of the molecule is C=C(Br)C/C(=C/Br)CO. The summed E-state index contributed by atoms with van der Waals surface area (Å²) in [4.78, 5) is 1.71. The van der Waals surface area contributed by atoms with Crippen LogP contribution in [0.15, 0.2) is 21.6 Å². The molecule has 0 rings (SSSR count). The third-order valence-corrected chi connectivity index (χ3v) is 1.70. The summed E-state index contributed by atoms with van der Waals surface area (Å²) in [6.45, 7) is 3.71. The van der Waals surface area contributed by atoms with Gasteiger partial charge < -0.3 is 5.11 Å². The maximum Gasteiger partial charge on any atom is 0.0653 e. The molecule has 0 aliphatic heterocycles. The molecular formula is C6H8Br2O. The number of rotatable bonds is 3. The summed E-state index contributed by atoms with van der Waals surface area (Å²) >= 11 is 6.31. The highest BCUT2D eigenvalue weighted by molar-refractivity contribution is 9.11. The quantitative estimate of drug-likeness (QED) is 0.822. The molecule has 0 radical (unpaired) electrons. The van der Waals surface area contributed by atoms with E-state index in [4.69, 9.17) is 5.11 Å². The lowest BCUT2D eigenvalue weighted by molar-refractivity contribution is 0.329. The summed E-state index contributed by atoms with van der Waals surface area (Å²) in [5.41, 5.74) is 0.914. The van der Waals surface area contributed by atoms with E-state index in [0.717, 1.165) is 10.1 Å². The number of halogens is 2. The fraction of sp³-hybridized carbons (Fsp3) is 0.333. The minimum Gasteiger partial charge on any atom is -0.392 e. The first-order chi connectivity index (χ1) is 4.20. The van der Waals surface area contributed by atoms with E-state index in [-0.39, 0.29) is 6.61 Å². The monoisotopic (exact) mass is 254 g/mol. The van der Waals surface area contributed by atoms with Crippen LogP contribution in [-0.2, 0) is 0 Å². The van der Waals surface area contributed by atoms with Crippen LogP contribution in [0.3, 0.4) is 0 Å². The Balaban J connectivity index is 3.71. The van der Waals surface area contributed by atoms with E-state index >= 15 is 0 Å². The Morgan fingerprint density at radius 2 is 2.22 bits per heavy atom. The predicted octanol–water partition coefficient (Wildman–Crippen LogP) is 2.56. The van der Waals surface area contributed by atoms with Crippen molar-refractivity contribution in [2.24, 2.45) is 0 Å². The normalized spacial score (nSPS) is 11.7. The Bertz CT molecular complexity index is 129. The zero-order valence-electron chi connectivity index (χ0n) is 4.90. The molecule has 0 atom stereocenters. The lowest BCUT2D eigenvalue weighted by Crippen LogP contribution is -1.87. The summed E-state index contributed by atoms with van der Waals surface area (Å²) in [5.74, 6) is 0. The second-order valence-electron chi connectivity index (χ2n) is 1.62. The molecule has 0 bridgehead atoms. The molecule has 0 aliphatic rings. The van der Waals surface area contributed by atoms with Crippen molar-refractivity contribution in [1.82, 2.24) is 0 Å². The minimum absolute atomic E-state index is 0.0792. The van der Waals surface area contributed by atoms with E-state index in [1.165, 1.54) is 0 Å². The molecule has 0 spiro atoms. The third kappa shape index (κ3) is 4.88. The molecule has 1 N–H and O–H groups in total. The molecule has 3 heteroatoms. The van der Waals surface area contributed by atoms with E-state index in [1.807, 2.05) is 0 Å². The fourth-order valence-electron chi connectivity index (χ4n) is 0.375. The molecule has 9 heavy (non-hydrogen) atoms. The summed E-state index contributed by atoms with van der Waals surface area (Å²) in [5, 5.41) is 8.61. The van der Waals surface area contributed by atoms with E-state index in [1.54, 1.807) is 4.99 Å². The molecule has 0 aromatic heterocycles. The third-order valence-electron chi connectivity index (χ3n) is 0.776. The molecule has 0 heterocycles. The van der Waals surface area contributed by atoms with Gasteiger partial charge in [-0.2, -0.15) is 0 Å². The van der Waals surface area contributed by atoms with Gasteiger partial charge in [-0.1, -0.05) is 38.4 Å². The zero-order chi connectivity index (χ0) is 7.28. The zero-order valence-corrected chi connectivity index (χ0v) is 8.07. The smallest absolute Gasteiger partial charge is 0.0653 e. The van der Waals surface area contributed by atoms with Crippen molar-refractivity contribution < 1.29 is 5.11 Å². The van der Waals surface area contributed by atoms with Crippen LogP contribution in [0, 0.1) is 0 Å². The number of aliphatic hydroxyl groups excluding tert-OH is 1. The fourth-order valence-corrected chi connectivity index (χ4v) is 1.04.